The molecule has 0 unspecified atom stereocenters. The third-order valence-electron chi connectivity index (χ3n) is 4.96. The highest BCUT2D eigenvalue weighted by Crippen LogP contribution is 2.30. The molecule has 1 aliphatic rings. The maximum atomic E-state index is 13.4. The SMILES string of the molecule is CN1C(=O)[C@@H](N(C(N)=O)c2ccc(Cl)cc2)N=C(c2ccccc2)c2ccccc21. The Labute approximate surface area is 179 Å². The largest absolute Gasteiger partial charge is 0.351 e. The van der Waals surface area contributed by atoms with Crippen molar-refractivity contribution in [2.24, 2.45) is 10.7 Å². The number of benzene rings is 3. The molecule has 30 heavy (non-hydrogen) atoms. The Morgan fingerprint density at radius 3 is 2.30 bits per heavy atom. The van der Waals surface area contributed by atoms with Gasteiger partial charge in [-0.1, -0.05) is 60.1 Å². The van der Waals surface area contributed by atoms with Crippen molar-refractivity contribution < 1.29 is 9.59 Å². The number of anilines is 2. The van der Waals surface area contributed by atoms with Crippen molar-refractivity contribution >= 4 is 40.6 Å². The minimum atomic E-state index is -1.17. The minimum Gasteiger partial charge on any atom is -0.351 e. The van der Waals surface area contributed by atoms with Crippen LogP contribution in [0.3, 0.4) is 0 Å². The lowest BCUT2D eigenvalue weighted by atomic mass is 10.0. The summed E-state index contributed by atoms with van der Waals surface area (Å²) in [4.78, 5) is 33.3. The Kier molecular flexibility index (Phi) is 5.25. The molecule has 0 bridgehead atoms. The first-order valence-corrected chi connectivity index (χ1v) is 9.69. The van der Waals surface area contributed by atoms with E-state index in [-0.39, 0.29) is 5.91 Å². The highest BCUT2D eigenvalue weighted by atomic mass is 35.5. The molecule has 0 saturated heterocycles. The number of nitrogens with two attached hydrogens (primary N) is 1. The molecule has 150 valence electrons. The van der Waals surface area contributed by atoms with Crippen molar-refractivity contribution in [1.29, 1.82) is 0 Å². The topological polar surface area (TPSA) is 79.0 Å². The number of rotatable bonds is 3. The zero-order valence-electron chi connectivity index (χ0n) is 16.2. The third kappa shape index (κ3) is 3.53. The number of likely N-dealkylation sites (N-methyl/N-ethyl adjacent to an activating group) is 1. The summed E-state index contributed by atoms with van der Waals surface area (Å²) in [6.45, 7) is 0. The molecule has 1 aliphatic heterocycles. The van der Waals surface area contributed by atoms with Gasteiger partial charge in [0.15, 0.2) is 0 Å². The number of carbonyl (C=O) groups excluding carboxylic acids is 2. The molecule has 0 aliphatic carbocycles. The fourth-order valence-electron chi connectivity index (χ4n) is 3.49. The van der Waals surface area contributed by atoms with Gasteiger partial charge in [0, 0.05) is 28.9 Å². The predicted molar refractivity (Wildman–Crippen MR) is 119 cm³/mol. The molecule has 0 aromatic heterocycles. The van der Waals surface area contributed by atoms with Crippen LogP contribution in [0.25, 0.3) is 0 Å². The molecule has 3 aromatic carbocycles. The summed E-state index contributed by atoms with van der Waals surface area (Å²) in [6.07, 6.45) is -1.17. The number of hydrogen-bond donors (Lipinski definition) is 1. The number of carbonyl (C=O) groups is 2. The zero-order chi connectivity index (χ0) is 21.3. The summed E-state index contributed by atoms with van der Waals surface area (Å²) in [5.41, 5.74) is 9.06. The molecular formula is C23H19ClN4O2. The van der Waals surface area contributed by atoms with E-state index in [0.717, 1.165) is 11.1 Å². The molecule has 4 rings (SSSR count). The lowest BCUT2D eigenvalue weighted by Gasteiger charge is -2.28. The van der Waals surface area contributed by atoms with Gasteiger partial charge in [-0.15, -0.1) is 0 Å². The van der Waals surface area contributed by atoms with Crippen molar-refractivity contribution in [3.63, 3.8) is 0 Å². The van der Waals surface area contributed by atoms with Crippen LogP contribution in [0.2, 0.25) is 5.02 Å². The molecule has 7 heteroatoms. The molecule has 1 heterocycles. The van der Waals surface area contributed by atoms with Gasteiger partial charge in [-0.3, -0.25) is 9.69 Å². The van der Waals surface area contributed by atoms with Crippen LogP contribution in [0.15, 0.2) is 83.9 Å². The maximum absolute atomic E-state index is 13.4. The molecule has 0 spiro atoms. The van der Waals surface area contributed by atoms with E-state index in [2.05, 4.69) is 0 Å². The van der Waals surface area contributed by atoms with Crippen LogP contribution < -0.4 is 15.5 Å². The Balaban J connectivity index is 1.93. The van der Waals surface area contributed by atoms with Crippen LogP contribution in [-0.2, 0) is 4.79 Å². The highest BCUT2D eigenvalue weighted by molar-refractivity contribution is 6.30. The van der Waals surface area contributed by atoms with E-state index in [1.54, 1.807) is 31.3 Å². The van der Waals surface area contributed by atoms with Gasteiger partial charge in [-0.25, -0.2) is 9.79 Å². The number of aliphatic imine (C=N–C) groups is 1. The summed E-state index contributed by atoms with van der Waals surface area (Å²) in [5, 5.41) is 0.508. The number of fused-ring (bicyclic) bond motifs is 1. The quantitative estimate of drug-likeness (QED) is 0.695. The van der Waals surface area contributed by atoms with Crippen LogP contribution in [0.4, 0.5) is 16.2 Å². The number of amides is 3. The van der Waals surface area contributed by atoms with Crippen molar-refractivity contribution in [1.82, 2.24) is 0 Å². The standard InChI is InChI=1S/C23H19ClN4O2/c1-27-19-10-6-5-9-18(19)20(15-7-3-2-4-8-15)26-21(22(27)29)28(23(25)30)17-13-11-16(24)12-14-17/h2-14,21H,1H3,(H2,25,30)/t21-/m1/s1. The summed E-state index contributed by atoms with van der Waals surface area (Å²) in [5.74, 6) is -0.373. The number of para-hydroxylation sites is 1. The maximum Gasteiger partial charge on any atom is 0.321 e. The first kappa shape index (κ1) is 19.7. The smallest absolute Gasteiger partial charge is 0.321 e. The summed E-state index contributed by atoms with van der Waals surface area (Å²) < 4.78 is 0. The Bertz CT molecular complexity index is 1130. The van der Waals surface area contributed by atoms with Crippen molar-refractivity contribution in [2.75, 3.05) is 16.8 Å². The van der Waals surface area contributed by atoms with E-state index in [9.17, 15) is 9.59 Å². The second-order valence-electron chi connectivity index (χ2n) is 6.82. The monoisotopic (exact) mass is 418 g/mol. The van der Waals surface area contributed by atoms with Crippen LogP contribution >= 0.6 is 11.6 Å². The van der Waals surface area contributed by atoms with Gasteiger partial charge in [0.05, 0.1) is 11.4 Å². The van der Waals surface area contributed by atoms with Crippen molar-refractivity contribution in [3.05, 3.63) is 95.0 Å². The van der Waals surface area contributed by atoms with E-state index >= 15 is 0 Å². The minimum absolute atomic E-state index is 0.373. The van der Waals surface area contributed by atoms with Gasteiger partial charge in [-0.05, 0) is 30.3 Å². The number of urea groups is 1. The molecule has 0 saturated carbocycles. The molecule has 2 N–H and O–H groups in total. The van der Waals surface area contributed by atoms with Gasteiger partial charge < -0.3 is 10.6 Å². The molecule has 0 radical (unpaired) electrons. The normalized spacial score (nSPS) is 15.8. The van der Waals surface area contributed by atoms with Crippen LogP contribution in [0, 0.1) is 0 Å². The number of benzodiazepines with no additional fused rings is 1. The van der Waals surface area contributed by atoms with E-state index < -0.39 is 12.2 Å². The van der Waals surface area contributed by atoms with E-state index in [1.165, 1.54) is 9.80 Å². The third-order valence-corrected chi connectivity index (χ3v) is 5.21. The lowest BCUT2D eigenvalue weighted by Crippen LogP contribution is -2.51. The second-order valence-corrected chi connectivity index (χ2v) is 7.25. The average molecular weight is 419 g/mol. The van der Waals surface area contributed by atoms with Crippen LogP contribution in [0.1, 0.15) is 11.1 Å². The Morgan fingerprint density at radius 1 is 1.00 bits per heavy atom. The zero-order valence-corrected chi connectivity index (χ0v) is 17.0. The number of nitrogens with zero attached hydrogens (tertiary/aromatic N) is 3. The van der Waals surface area contributed by atoms with Gasteiger partial charge in [0.25, 0.3) is 5.91 Å². The number of primary amides is 1. The Hall–Kier alpha value is -3.64. The highest BCUT2D eigenvalue weighted by Gasteiger charge is 2.36. The van der Waals surface area contributed by atoms with E-state index in [0.29, 0.717) is 22.1 Å². The van der Waals surface area contributed by atoms with Crippen molar-refractivity contribution in [2.45, 2.75) is 6.17 Å². The van der Waals surface area contributed by atoms with E-state index in [1.807, 2.05) is 54.6 Å². The first-order chi connectivity index (χ1) is 14.5. The summed E-state index contributed by atoms with van der Waals surface area (Å²) in [7, 11) is 1.67. The molecule has 3 amide bonds. The lowest BCUT2D eigenvalue weighted by molar-refractivity contribution is -0.119. The molecule has 3 aromatic rings. The fraction of sp³-hybridized carbons (Fsp3) is 0.0870. The molecular weight excluding hydrogens is 400 g/mol. The number of halogens is 1. The first-order valence-electron chi connectivity index (χ1n) is 9.32. The second kappa shape index (κ2) is 8.00. The average Bonchev–Trinajstić information content (AvgIpc) is 2.86. The van der Waals surface area contributed by atoms with Crippen molar-refractivity contribution in [3.8, 4) is 0 Å². The fourth-order valence-corrected chi connectivity index (χ4v) is 3.62. The van der Waals surface area contributed by atoms with Gasteiger partial charge in [0.2, 0.25) is 6.17 Å². The van der Waals surface area contributed by atoms with Crippen LogP contribution in [-0.4, -0.2) is 30.9 Å². The van der Waals surface area contributed by atoms with Gasteiger partial charge >= 0.3 is 6.03 Å². The van der Waals surface area contributed by atoms with Crippen LogP contribution in [0.5, 0.6) is 0 Å². The number of hydrogen-bond acceptors (Lipinski definition) is 3. The Morgan fingerprint density at radius 2 is 1.63 bits per heavy atom. The van der Waals surface area contributed by atoms with E-state index in [4.69, 9.17) is 22.3 Å². The molecule has 1 atom stereocenters. The van der Waals surface area contributed by atoms with Gasteiger partial charge in [0.1, 0.15) is 0 Å². The summed E-state index contributed by atoms with van der Waals surface area (Å²) in [6, 6.07) is 22.8. The summed E-state index contributed by atoms with van der Waals surface area (Å²) >= 11 is 5.99. The predicted octanol–water partition coefficient (Wildman–Crippen LogP) is 4.07. The molecule has 6 nitrogen and oxygen atoms in total. The molecule has 0 fully saturated rings. The van der Waals surface area contributed by atoms with Gasteiger partial charge in [-0.2, -0.15) is 0 Å².